The lowest BCUT2D eigenvalue weighted by Crippen LogP contribution is -2.07. The van der Waals surface area contributed by atoms with E-state index >= 15 is 0 Å². The van der Waals surface area contributed by atoms with Gasteiger partial charge in [-0.05, 0) is 107 Å². The summed E-state index contributed by atoms with van der Waals surface area (Å²) >= 11 is 0. The van der Waals surface area contributed by atoms with Gasteiger partial charge in [0.1, 0.15) is 7.00 Å². The molecule has 0 saturated heterocycles. The van der Waals surface area contributed by atoms with E-state index in [1.165, 1.54) is 55.3 Å². The Kier molecular flexibility index (Phi) is 19.8. The fraction of sp³-hybridized carbons (Fsp3) is 0.0440. The highest BCUT2D eigenvalue weighted by Gasteiger charge is 2.24. The molecule has 0 N–H and O–H groups in total. The summed E-state index contributed by atoms with van der Waals surface area (Å²) < 4.78 is 4.60. The van der Waals surface area contributed by atoms with Gasteiger partial charge in [0.2, 0.25) is 5.95 Å². The van der Waals surface area contributed by atoms with E-state index in [9.17, 15) is 0 Å². The Balaban J connectivity index is 0.000000133. The molecule has 12 heteroatoms. The van der Waals surface area contributed by atoms with Crippen molar-refractivity contribution in [2.24, 2.45) is 0 Å². The van der Waals surface area contributed by atoms with Crippen LogP contribution >= 0.6 is 9.12 Å². The molecule has 0 fully saturated rings. The number of aryl methyl sites for hydroxylation is 2. The first-order valence-electron chi connectivity index (χ1n) is 33.9. The van der Waals surface area contributed by atoms with E-state index in [0.717, 1.165) is 105 Å². The van der Waals surface area contributed by atoms with Crippen LogP contribution in [0, 0.1) is 13.8 Å². The highest BCUT2D eigenvalue weighted by atomic mass is 31.0. The van der Waals surface area contributed by atoms with E-state index in [2.05, 4.69) is 279 Å². The van der Waals surface area contributed by atoms with Gasteiger partial charge in [-0.15, -0.1) is 0 Å². The lowest BCUT2D eigenvalue weighted by atomic mass is 9.95. The van der Waals surface area contributed by atoms with Crippen LogP contribution in [0.15, 0.2) is 334 Å². The van der Waals surface area contributed by atoms with Crippen LogP contribution in [0.5, 0.6) is 0 Å². The molecule has 0 bridgehead atoms. The summed E-state index contributed by atoms with van der Waals surface area (Å²) in [7, 11) is 2.45. The van der Waals surface area contributed by atoms with Crippen LogP contribution in [0.25, 0.3) is 166 Å². The van der Waals surface area contributed by atoms with Gasteiger partial charge >= 0.3 is 0 Å². The molecule has 12 aromatic carbocycles. The van der Waals surface area contributed by atoms with Gasteiger partial charge < -0.3 is 4.57 Å². The number of nitrogens with zero attached hydrogens (tertiary/aromatic N) is 9. The van der Waals surface area contributed by atoms with Crippen LogP contribution in [0.1, 0.15) is 18.8 Å². The molecule has 0 spiro atoms. The maximum absolute atomic E-state index is 5.17. The lowest BCUT2D eigenvalue weighted by Gasteiger charge is -2.13. The predicted molar refractivity (Wildman–Crippen MR) is 438 cm³/mol. The molecule has 7 aromatic heterocycles. The van der Waals surface area contributed by atoms with Gasteiger partial charge in [-0.2, -0.15) is 19.1 Å². The highest BCUT2D eigenvalue weighted by molar-refractivity contribution is 7.55. The van der Waals surface area contributed by atoms with E-state index in [1.54, 1.807) is 0 Å². The zero-order valence-electron chi connectivity index (χ0n) is 56.5. The van der Waals surface area contributed by atoms with Crippen molar-refractivity contribution in [3.63, 3.8) is 0 Å². The number of benzene rings is 12. The summed E-state index contributed by atoms with van der Waals surface area (Å²) in [5, 5.41) is 9.22. The van der Waals surface area contributed by atoms with Gasteiger partial charge in [0.05, 0.1) is 44.1 Å². The highest BCUT2D eigenvalue weighted by Crippen LogP contribution is 2.43. The summed E-state index contributed by atoms with van der Waals surface area (Å²) in [5.41, 5.74) is 22.8. The molecule has 0 amide bonds. The van der Waals surface area contributed by atoms with Gasteiger partial charge in [0.15, 0.2) is 11.6 Å². The third kappa shape index (κ3) is 13.1. The molecule has 1 unspecified atom stereocenters. The SMILES string of the molecule is C.C[B]P.Cc1cc(-c2ccccc2)c2ccc3c(-c4ccccc4)cc(C)nc3c2n1.[B].c1ccc(-c2ccnc3c2ccc2c(-c4ccccc4)ccnc23)cc1.c1ccc(-c2nc(-c3ccccc3)nc(-n3c4ccccc4c4ccc5c6ccccc6n(-c6ccccc6)c5c43)n2)cc1. The largest absolute Gasteiger partial charge is 0.307 e. The van der Waals surface area contributed by atoms with Crippen LogP contribution in [0.2, 0.25) is 6.82 Å². The first-order valence-corrected chi connectivity index (χ1v) is 34.5. The van der Waals surface area contributed by atoms with E-state index < -0.39 is 0 Å². The Morgan fingerprint density at radius 2 is 0.592 bits per heavy atom. The first-order chi connectivity index (χ1) is 49.9. The van der Waals surface area contributed by atoms with Crippen molar-refractivity contribution >= 4 is 112 Å². The molecule has 1 atom stereocenters. The van der Waals surface area contributed by atoms with Gasteiger partial charge in [0.25, 0.3) is 0 Å². The van der Waals surface area contributed by atoms with Crippen LogP contribution in [0.3, 0.4) is 0 Å². The van der Waals surface area contributed by atoms with Gasteiger partial charge in [-0.3, -0.25) is 24.5 Å². The molecule has 0 aliphatic carbocycles. The van der Waals surface area contributed by atoms with Crippen molar-refractivity contribution in [1.29, 1.82) is 0 Å². The Bertz CT molecular complexity index is 5950. The Hall–Kier alpha value is -12.6. The number of para-hydroxylation sites is 3. The van der Waals surface area contributed by atoms with Crippen LogP contribution < -0.4 is 0 Å². The van der Waals surface area contributed by atoms with Crippen molar-refractivity contribution in [2.45, 2.75) is 28.1 Å². The molecule has 9 nitrogen and oxygen atoms in total. The monoisotopic (exact) mass is 1340 g/mol. The zero-order chi connectivity index (χ0) is 68.2. The third-order valence-corrected chi connectivity index (χ3v) is 18.3. The maximum Gasteiger partial charge on any atom is 0.238 e. The maximum atomic E-state index is 5.17. The van der Waals surface area contributed by atoms with Gasteiger partial charge in [-0.25, -0.2) is 4.98 Å². The second-order valence-corrected chi connectivity index (χ2v) is 25.4. The average Bonchev–Trinajstić information content (AvgIpc) is 1.56. The molecule has 4 radical (unpaired) electrons. The van der Waals surface area contributed by atoms with Crippen LogP contribution in [-0.2, 0) is 0 Å². The van der Waals surface area contributed by atoms with E-state index in [4.69, 9.17) is 24.9 Å². The Morgan fingerprint density at radius 3 is 0.981 bits per heavy atom. The predicted octanol–water partition coefficient (Wildman–Crippen LogP) is 23.0. The molecular formula is C91H70B2N9P. The second-order valence-electron chi connectivity index (χ2n) is 24.8. The summed E-state index contributed by atoms with van der Waals surface area (Å²) in [4.78, 5) is 34.4. The van der Waals surface area contributed by atoms with Crippen molar-refractivity contribution in [1.82, 2.24) is 44.0 Å². The smallest absolute Gasteiger partial charge is 0.238 e. The van der Waals surface area contributed by atoms with Gasteiger partial charge in [0, 0.05) is 92.1 Å². The summed E-state index contributed by atoms with van der Waals surface area (Å²) in [6.45, 7) is 7.99. The topological polar surface area (TPSA) is 100 Å². The normalized spacial score (nSPS) is 11.0. The molecule has 19 rings (SSSR count). The number of rotatable bonds is 8. The number of pyridine rings is 4. The fourth-order valence-corrected chi connectivity index (χ4v) is 14.0. The fourth-order valence-electron chi connectivity index (χ4n) is 14.0. The summed E-state index contributed by atoms with van der Waals surface area (Å²) in [6.07, 6.45) is 3.75. The van der Waals surface area contributed by atoms with Crippen molar-refractivity contribution < 1.29 is 0 Å². The number of hydrogen-bond donors (Lipinski definition) is 0. The van der Waals surface area contributed by atoms with Crippen molar-refractivity contribution in [2.75, 3.05) is 0 Å². The average molecular weight is 1340 g/mol. The van der Waals surface area contributed by atoms with E-state index in [1.807, 2.05) is 111 Å². The standard InChI is InChI=1S/C39H25N5.C26H20N2.C24H16N2.CH5BP.CH4.B/c1-4-14-26(15-5-1)37-40-38(27-16-6-2-7-17-27)42-39(41-37)44-34-23-13-11-21-30(34)32-25-24-31-29-20-10-12-22-33(29)43(35(31)36(32)44)28-18-8-3-9-19-28;1-17-15-23(19-9-5-3-6-10-19)21-13-14-22-24(20-11-7-4-8-12-20)16-18(2)28-26(22)25(21)27-17;1-3-7-17(8-4-1)19-13-15-25-23-21(19)11-12-22-20(14-16-26-24(22)23)18-9-5-2-6-10-18;1-2-3;;/h1-25H;3-16H,1-2H3;1-16H;3H2,1H3;1H4;. The lowest BCUT2D eigenvalue weighted by molar-refractivity contribution is 0.953. The molecule has 0 saturated carbocycles. The van der Waals surface area contributed by atoms with Crippen molar-refractivity contribution in [3.05, 3.63) is 345 Å². The van der Waals surface area contributed by atoms with Gasteiger partial charge in [-0.1, -0.05) is 287 Å². The molecule has 490 valence electrons. The number of hydrogen-bond acceptors (Lipinski definition) is 7. The molecule has 0 aliphatic heterocycles. The van der Waals surface area contributed by atoms with Crippen LogP contribution in [0.4, 0.5) is 0 Å². The first kappa shape index (κ1) is 67.6. The van der Waals surface area contributed by atoms with Crippen LogP contribution in [-0.4, -0.2) is 59.4 Å². The summed E-state index contributed by atoms with van der Waals surface area (Å²) in [6, 6.07) is 112. The molecule has 19 aromatic rings. The zero-order valence-corrected chi connectivity index (χ0v) is 57.7. The molecule has 7 heterocycles. The van der Waals surface area contributed by atoms with E-state index in [-0.39, 0.29) is 15.8 Å². The molecule has 103 heavy (non-hydrogen) atoms. The molecule has 0 aliphatic rings. The third-order valence-electron chi connectivity index (χ3n) is 18.3. The number of fused-ring (bicyclic) bond motifs is 13. The minimum absolute atomic E-state index is 0. The minimum atomic E-state index is 0. The number of aromatic nitrogens is 9. The Labute approximate surface area is 604 Å². The quantitative estimate of drug-likeness (QED) is 0.0849. The second kappa shape index (κ2) is 30.1. The van der Waals surface area contributed by atoms with Crippen molar-refractivity contribution in [3.8, 4) is 78.9 Å². The Morgan fingerprint density at radius 1 is 0.291 bits per heavy atom. The summed E-state index contributed by atoms with van der Waals surface area (Å²) in [5.74, 6) is 1.86. The minimum Gasteiger partial charge on any atom is -0.307 e. The molecular weight excluding hydrogens is 1270 g/mol. The van der Waals surface area contributed by atoms with E-state index in [0.29, 0.717) is 17.6 Å².